The molecule has 0 aliphatic heterocycles. The highest BCUT2D eigenvalue weighted by Gasteiger charge is 2.15. The molecule has 0 bridgehead atoms. The molecule has 6 heteroatoms. The maximum Gasteiger partial charge on any atom is 0.260 e. The minimum absolute atomic E-state index is 0.0633. The Balaban J connectivity index is 1.87. The second-order valence-electron chi connectivity index (χ2n) is 6.04. The maximum absolute atomic E-state index is 12.2. The van der Waals surface area contributed by atoms with E-state index in [-0.39, 0.29) is 25.0 Å². The third-order valence-electron chi connectivity index (χ3n) is 3.91. The lowest BCUT2D eigenvalue weighted by Crippen LogP contribution is -2.37. The summed E-state index contributed by atoms with van der Waals surface area (Å²) in [4.78, 5) is 25.7. The van der Waals surface area contributed by atoms with Crippen molar-refractivity contribution in [3.63, 3.8) is 0 Å². The maximum atomic E-state index is 12.2. The quantitative estimate of drug-likeness (QED) is 0.828. The van der Waals surface area contributed by atoms with Gasteiger partial charge in [-0.05, 0) is 37.1 Å². The van der Waals surface area contributed by atoms with Gasteiger partial charge < -0.3 is 19.7 Å². The second-order valence-corrected chi connectivity index (χ2v) is 6.04. The zero-order valence-electron chi connectivity index (χ0n) is 15.5. The molecule has 0 heterocycles. The molecule has 2 aromatic rings. The first-order valence-electron chi connectivity index (χ1n) is 8.27. The molecular weight excluding hydrogens is 332 g/mol. The number of hydrogen-bond donors (Lipinski definition) is 1. The van der Waals surface area contributed by atoms with Crippen LogP contribution in [0.15, 0.2) is 42.5 Å². The first kappa shape index (κ1) is 19.3. The van der Waals surface area contributed by atoms with Crippen LogP contribution in [0, 0.1) is 13.8 Å². The van der Waals surface area contributed by atoms with Crippen LogP contribution < -0.4 is 14.8 Å². The van der Waals surface area contributed by atoms with Gasteiger partial charge in [0.15, 0.2) is 6.61 Å². The average Bonchev–Trinajstić information content (AvgIpc) is 2.61. The van der Waals surface area contributed by atoms with Crippen LogP contribution in [-0.4, -0.2) is 44.0 Å². The fourth-order valence-corrected chi connectivity index (χ4v) is 2.48. The number of amides is 2. The average molecular weight is 356 g/mol. The summed E-state index contributed by atoms with van der Waals surface area (Å²) in [6.07, 6.45) is 0. The van der Waals surface area contributed by atoms with Crippen molar-refractivity contribution < 1.29 is 19.1 Å². The Bertz CT molecular complexity index is 769. The number of carbonyl (C=O) groups is 2. The Kier molecular flexibility index (Phi) is 6.60. The van der Waals surface area contributed by atoms with Crippen LogP contribution in [0.2, 0.25) is 0 Å². The van der Waals surface area contributed by atoms with Crippen molar-refractivity contribution in [2.24, 2.45) is 0 Å². The van der Waals surface area contributed by atoms with Gasteiger partial charge in [-0.1, -0.05) is 24.3 Å². The largest absolute Gasteiger partial charge is 0.497 e. The van der Waals surface area contributed by atoms with E-state index in [4.69, 9.17) is 9.47 Å². The molecule has 0 spiro atoms. The number of likely N-dealkylation sites (N-methyl/N-ethyl adjacent to an activating group) is 1. The molecule has 0 saturated carbocycles. The third kappa shape index (κ3) is 5.24. The summed E-state index contributed by atoms with van der Waals surface area (Å²) < 4.78 is 10.8. The standard InChI is InChI=1S/C20H24N2O4/c1-14-7-5-8-15(2)20(14)26-13-19(24)22(3)12-18(23)21-16-9-6-10-17(11-16)25-4/h5-11H,12-13H2,1-4H3,(H,21,23). The molecule has 0 aromatic heterocycles. The predicted octanol–water partition coefficient (Wildman–Crippen LogP) is 2.79. The van der Waals surface area contributed by atoms with E-state index in [0.717, 1.165) is 11.1 Å². The number of anilines is 1. The minimum atomic E-state index is -0.291. The summed E-state index contributed by atoms with van der Waals surface area (Å²) in [5.41, 5.74) is 2.55. The van der Waals surface area contributed by atoms with E-state index in [1.807, 2.05) is 32.0 Å². The molecule has 0 aliphatic carbocycles. The van der Waals surface area contributed by atoms with Gasteiger partial charge in [-0.25, -0.2) is 0 Å². The molecule has 1 N–H and O–H groups in total. The number of nitrogens with zero attached hydrogens (tertiary/aromatic N) is 1. The van der Waals surface area contributed by atoms with Gasteiger partial charge in [0, 0.05) is 18.8 Å². The van der Waals surface area contributed by atoms with Crippen LogP contribution in [0.1, 0.15) is 11.1 Å². The number of hydrogen-bond acceptors (Lipinski definition) is 4. The van der Waals surface area contributed by atoms with Gasteiger partial charge in [0.2, 0.25) is 5.91 Å². The van der Waals surface area contributed by atoms with Gasteiger partial charge in [0.1, 0.15) is 11.5 Å². The summed E-state index contributed by atoms with van der Waals surface area (Å²) in [5, 5.41) is 2.74. The zero-order chi connectivity index (χ0) is 19.1. The van der Waals surface area contributed by atoms with Gasteiger partial charge in [0.25, 0.3) is 5.91 Å². The molecule has 2 rings (SSSR count). The van der Waals surface area contributed by atoms with Crippen LogP contribution in [0.5, 0.6) is 11.5 Å². The Morgan fingerprint density at radius 1 is 1.08 bits per heavy atom. The zero-order valence-corrected chi connectivity index (χ0v) is 15.5. The number of para-hydroxylation sites is 1. The molecule has 0 radical (unpaired) electrons. The first-order chi connectivity index (χ1) is 12.4. The van der Waals surface area contributed by atoms with E-state index in [9.17, 15) is 9.59 Å². The topological polar surface area (TPSA) is 67.9 Å². The molecule has 2 amide bonds. The van der Waals surface area contributed by atoms with Gasteiger partial charge in [-0.2, -0.15) is 0 Å². The number of rotatable bonds is 7. The highest BCUT2D eigenvalue weighted by Crippen LogP contribution is 2.22. The van der Waals surface area contributed by atoms with Gasteiger partial charge in [-0.3, -0.25) is 9.59 Å². The third-order valence-corrected chi connectivity index (χ3v) is 3.91. The van der Waals surface area contributed by atoms with Crippen LogP contribution in [-0.2, 0) is 9.59 Å². The van der Waals surface area contributed by atoms with Gasteiger partial charge >= 0.3 is 0 Å². The Morgan fingerprint density at radius 2 is 1.73 bits per heavy atom. The highest BCUT2D eigenvalue weighted by atomic mass is 16.5. The molecule has 2 aromatic carbocycles. The molecule has 0 fully saturated rings. The molecule has 0 saturated heterocycles. The van der Waals surface area contributed by atoms with Crippen molar-refractivity contribution in [3.8, 4) is 11.5 Å². The van der Waals surface area contributed by atoms with Crippen molar-refractivity contribution in [2.75, 3.05) is 32.6 Å². The van der Waals surface area contributed by atoms with Crippen molar-refractivity contribution in [2.45, 2.75) is 13.8 Å². The number of carbonyl (C=O) groups excluding carboxylic acids is 2. The van der Waals surface area contributed by atoms with Crippen molar-refractivity contribution in [1.29, 1.82) is 0 Å². The lowest BCUT2D eigenvalue weighted by molar-refractivity contribution is -0.135. The summed E-state index contributed by atoms with van der Waals surface area (Å²) in [6.45, 7) is 3.68. The monoisotopic (exact) mass is 356 g/mol. The van der Waals surface area contributed by atoms with Crippen LogP contribution in [0.4, 0.5) is 5.69 Å². The van der Waals surface area contributed by atoms with E-state index in [1.54, 1.807) is 38.4 Å². The molecule has 26 heavy (non-hydrogen) atoms. The van der Waals surface area contributed by atoms with E-state index < -0.39 is 0 Å². The molecule has 0 unspecified atom stereocenters. The van der Waals surface area contributed by atoms with Crippen molar-refractivity contribution in [1.82, 2.24) is 4.90 Å². The molecule has 138 valence electrons. The Hall–Kier alpha value is -3.02. The number of benzene rings is 2. The highest BCUT2D eigenvalue weighted by molar-refractivity contribution is 5.94. The van der Waals surface area contributed by atoms with Crippen LogP contribution >= 0.6 is 0 Å². The van der Waals surface area contributed by atoms with E-state index in [2.05, 4.69) is 5.32 Å². The predicted molar refractivity (Wildman–Crippen MR) is 101 cm³/mol. The first-order valence-corrected chi connectivity index (χ1v) is 8.27. The van der Waals surface area contributed by atoms with Crippen molar-refractivity contribution in [3.05, 3.63) is 53.6 Å². The number of nitrogens with one attached hydrogen (secondary N) is 1. The number of methoxy groups -OCH3 is 1. The summed E-state index contributed by atoms with van der Waals surface area (Å²) in [6, 6.07) is 12.8. The summed E-state index contributed by atoms with van der Waals surface area (Å²) in [5.74, 6) is 0.791. The summed E-state index contributed by atoms with van der Waals surface area (Å²) >= 11 is 0. The van der Waals surface area contributed by atoms with Crippen molar-refractivity contribution >= 4 is 17.5 Å². The fourth-order valence-electron chi connectivity index (χ4n) is 2.48. The van der Waals surface area contributed by atoms with E-state index in [0.29, 0.717) is 17.2 Å². The molecule has 6 nitrogen and oxygen atoms in total. The lowest BCUT2D eigenvalue weighted by Gasteiger charge is -2.18. The summed E-state index contributed by atoms with van der Waals surface area (Å²) in [7, 11) is 3.13. The minimum Gasteiger partial charge on any atom is -0.497 e. The Morgan fingerprint density at radius 3 is 2.38 bits per heavy atom. The normalized spacial score (nSPS) is 10.2. The van der Waals surface area contributed by atoms with Gasteiger partial charge in [0.05, 0.1) is 13.7 Å². The number of aryl methyl sites for hydroxylation is 2. The second kappa shape index (κ2) is 8.89. The van der Waals surface area contributed by atoms with E-state index in [1.165, 1.54) is 4.90 Å². The number of ether oxygens (including phenoxy) is 2. The molecular formula is C20H24N2O4. The molecule has 0 aliphatic rings. The smallest absolute Gasteiger partial charge is 0.260 e. The Labute approximate surface area is 153 Å². The lowest BCUT2D eigenvalue weighted by atomic mass is 10.1. The SMILES string of the molecule is COc1cccc(NC(=O)CN(C)C(=O)COc2c(C)cccc2C)c1. The van der Waals surface area contributed by atoms with E-state index >= 15 is 0 Å². The van der Waals surface area contributed by atoms with Crippen LogP contribution in [0.3, 0.4) is 0 Å². The fraction of sp³-hybridized carbons (Fsp3) is 0.300. The van der Waals surface area contributed by atoms with Crippen LogP contribution in [0.25, 0.3) is 0 Å². The van der Waals surface area contributed by atoms with Gasteiger partial charge in [-0.15, -0.1) is 0 Å². The molecule has 0 atom stereocenters.